The summed E-state index contributed by atoms with van der Waals surface area (Å²) in [6, 6.07) is 9.69. The minimum Gasteiger partial charge on any atom is -0.424 e. The Morgan fingerprint density at radius 2 is 1.84 bits per heavy atom. The molecule has 0 bridgehead atoms. The number of aromatic nitrogens is 5. The monoisotopic (exact) mass is 507 g/mol. The molecule has 0 unspecified atom stereocenters. The van der Waals surface area contributed by atoms with Gasteiger partial charge in [-0.3, -0.25) is 4.79 Å². The summed E-state index contributed by atoms with van der Waals surface area (Å²) in [5.74, 6) is 8.05. The number of nitrogen functional groups attached to an aromatic ring is 1. The first-order valence-corrected chi connectivity index (χ1v) is 12.6. The normalized spacial score (nSPS) is 13.8. The van der Waals surface area contributed by atoms with Crippen LogP contribution in [0.3, 0.4) is 0 Å². The highest BCUT2D eigenvalue weighted by atomic mass is 16.5. The molecule has 1 saturated heterocycles. The van der Waals surface area contributed by atoms with Gasteiger partial charge in [-0.15, -0.1) is 0 Å². The molecular formula is C29H29N7O2. The first-order chi connectivity index (χ1) is 18.5. The lowest BCUT2D eigenvalue weighted by atomic mass is 9.96. The van der Waals surface area contributed by atoms with E-state index in [4.69, 9.17) is 10.5 Å². The lowest BCUT2D eigenvalue weighted by Gasteiger charge is -2.28. The molecule has 0 radical (unpaired) electrons. The number of piperidine rings is 1. The molecule has 4 heterocycles. The van der Waals surface area contributed by atoms with Crippen molar-refractivity contribution in [3.05, 3.63) is 67.4 Å². The molecule has 0 aliphatic carbocycles. The summed E-state index contributed by atoms with van der Waals surface area (Å²) >= 11 is 0. The Balaban J connectivity index is 1.55. The molecule has 1 amide bonds. The van der Waals surface area contributed by atoms with Crippen LogP contribution >= 0.6 is 0 Å². The van der Waals surface area contributed by atoms with Gasteiger partial charge in [-0.2, -0.15) is 0 Å². The predicted octanol–water partition coefficient (Wildman–Crippen LogP) is 4.62. The molecule has 1 aliphatic heterocycles. The van der Waals surface area contributed by atoms with Crippen molar-refractivity contribution in [3.8, 4) is 34.7 Å². The fourth-order valence-corrected chi connectivity index (χ4v) is 4.70. The van der Waals surface area contributed by atoms with E-state index in [2.05, 4.69) is 56.8 Å². The number of carbonyl (C=O) groups is 1. The topological polar surface area (TPSA) is 112 Å². The van der Waals surface area contributed by atoms with Crippen molar-refractivity contribution in [2.45, 2.75) is 32.7 Å². The number of ether oxygens (including phenoxy) is 1. The van der Waals surface area contributed by atoms with Crippen LogP contribution in [0.2, 0.25) is 0 Å². The van der Waals surface area contributed by atoms with Crippen molar-refractivity contribution in [1.82, 2.24) is 29.4 Å². The minimum absolute atomic E-state index is 0.0348. The number of amides is 1. The summed E-state index contributed by atoms with van der Waals surface area (Å²) in [7, 11) is 0. The molecule has 192 valence electrons. The standard InChI is InChI=1S/C29H29N7O2/c1-4-24(37)35-14-12-20(13-15-35)10-11-23-25(26-27(30)33-18-34-28(26)36(23)19(2)3)21-16-31-29(32-17-21)38-22-8-6-5-7-9-22/h4-9,16-20H,1,12-15H2,2-3H3,(H2,30,33,34). The molecule has 3 aromatic heterocycles. The molecule has 0 atom stereocenters. The quantitative estimate of drug-likeness (QED) is 0.310. The van der Waals surface area contributed by atoms with Crippen LogP contribution in [-0.2, 0) is 4.79 Å². The highest BCUT2D eigenvalue weighted by Crippen LogP contribution is 2.38. The van der Waals surface area contributed by atoms with Gasteiger partial charge in [0.25, 0.3) is 0 Å². The summed E-state index contributed by atoms with van der Waals surface area (Å²) in [5.41, 5.74) is 9.41. The van der Waals surface area contributed by atoms with Crippen molar-refractivity contribution in [2.24, 2.45) is 5.92 Å². The van der Waals surface area contributed by atoms with Crippen LogP contribution in [-0.4, -0.2) is 48.4 Å². The Labute approximate surface area is 221 Å². The maximum absolute atomic E-state index is 12.0. The average Bonchev–Trinajstić information content (AvgIpc) is 3.28. The molecule has 5 rings (SSSR count). The number of likely N-dealkylation sites (tertiary alicyclic amines) is 1. The zero-order valence-corrected chi connectivity index (χ0v) is 21.5. The van der Waals surface area contributed by atoms with Gasteiger partial charge in [0, 0.05) is 48.6 Å². The zero-order valence-electron chi connectivity index (χ0n) is 21.5. The van der Waals surface area contributed by atoms with Crippen LogP contribution in [0.4, 0.5) is 5.82 Å². The molecule has 4 aromatic rings. The van der Waals surface area contributed by atoms with Crippen molar-refractivity contribution >= 4 is 22.8 Å². The Kier molecular flexibility index (Phi) is 7.05. The van der Waals surface area contributed by atoms with Crippen LogP contribution < -0.4 is 10.5 Å². The number of hydrogen-bond donors (Lipinski definition) is 1. The second-order valence-electron chi connectivity index (χ2n) is 9.39. The van der Waals surface area contributed by atoms with E-state index in [-0.39, 0.29) is 23.9 Å². The molecule has 1 aromatic carbocycles. The summed E-state index contributed by atoms with van der Waals surface area (Å²) < 4.78 is 7.86. The highest BCUT2D eigenvalue weighted by Gasteiger charge is 2.24. The Hall–Kier alpha value is -4.71. The van der Waals surface area contributed by atoms with E-state index in [0.29, 0.717) is 30.3 Å². The molecular weight excluding hydrogens is 478 g/mol. The van der Waals surface area contributed by atoms with E-state index in [1.807, 2.05) is 35.2 Å². The van der Waals surface area contributed by atoms with Crippen molar-refractivity contribution in [3.63, 3.8) is 0 Å². The third kappa shape index (κ3) is 4.93. The van der Waals surface area contributed by atoms with Gasteiger partial charge < -0.3 is 19.9 Å². The molecule has 9 heteroatoms. The highest BCUT2D eigenvalue weighted by molar-refractivity contribution is 6.03. The Bertz CT molecular complexity index is 1520. The summed E-state index contributed by atoms with van der Waals surface area (Å²) in [5, 5.41) is 0.720. The molecule has 1 fully saturated rings. The number of nitrogens with zero attached hydrogens (tertiary/aromatic N) is 6. The van der Waals surface area contributed by atoms with Crippen LogP contribution in [0, 0.1) is 17.8 Å². The van der Waals surface area contributed by atoms with Gasteiger partial charge in [-0.05, 0) is 50.8 Å². The fraction of sp³-hybridized carbons (Fsp3) is 0.276. The van der Waals surface area contributed by atoms with Crippen molar-refractivity contribution in [2.75, 3.05) is 18.8 Å². The van der Waals surface area contributed by atoms with E-state index in [0.717, 1.165) is 35.0 Å². The van der Waals surface area contributed by atoms with Gasteiger partial charge in [0.1, 0.15) is 29.2 Å². The largest absolute Gasteiger partial charge is 0.424 e. The van der Waals surface area contributed by atoms with Crippen molar-refractivity contribution < 1.29 is 9.53 Å². The van der Waals surface area contributed by atoms with Gasteiger partial charge in [-0.25, -0.2) is 19.9 Å². The lowest BCUT2D eigenvalue weighted by molar-refractivity contribution is -0.127. The van der Waals surface area contributed by atoms with E-state index in [1.165, 1.54) is 12.4 Å². The number of anilines is 1. The van der Waals surface area contributed by atoms with Crippen LogP contribution in [0.5, 0.6) is 11.8 Å². The van der Waals surface area contributed by atoms with Crippen LogP contribution in [0.25, 0.3) is 22.2 Å². The number of nitrogens with two attached hydrogens (primary N) is 1. The van der Waals surface area contributed by atoms with E-state index >= 15 is 0 Å². The number of rotatable bonds is 5. The molecule has 0 spiro atoms. The average molecular weight is 508 g/mol. The van der Waals surface area contributed by atoms with Gasteiger partial charge in [0.05, 0.1) is 5.39 Å². The maximum Gasteiger partial charge on any atom is 0.321 e. The number of fused-ring (bicyclic) bond motifs is 1. The molecule has 9 nitrogen and oxygen atoms in total. The molecule has 1 aliphatic rings. The number of carbonyl (C=O) groups excluding carboxylic acids is 1. The third-order valence-electron chi connectivity index (χ3n) is 6.57. The Morgan fingerprint density at radius 3 is 2.50 bits per heavy atom. The first-order valence-electron chi connectivity index (χ1n) is 12.6. The smallest absolute Gasteiger partial charge is 0.321 e. The van der Waals surface area contributed by atoms with E-state index in [1.54, 1.807) is 12.4 Å². The summed E-state index contributed by atoms with van der Waals surface area (Å²) in [4.78, 5) is 31.5. The molecule has 2 N–H and O–H groups in total. The zero-order chi connectivity index (χ0) is 26.6. The predicted molar refractivity (Wildman–Crippen MR) is 146 cm³/mol. The second-order valence-corrected chi connectivity index (χ2v) is 9.39. The van der Waals surface area contributed by atoms with E-state index < -0.39 is 0 Å². The minimum atomic E-state index is -0.0348. The summed E-state index contributed by atoms with van der Waals surface area (Å²) in [6.07, 6.45) is 7.87. The third-order valence-corrected chi connectivity index (χ3v) is 6.57. The summed E-state index contributed by atoms with van der Waals surface area (Å²) in [6.45, 7) is 9.09. The molecule has 0 saturated carbocycles. The van der Waals surface area contributed by atoms with Gasteiger partial charge >= 0.3 is 6.01 Å². The second kappa shape index (κ2) is 10.7. The lowest BCUT2D eigenvalue weighted by Crippen LogP contribution is -2.37. The maximum atomic E-state index is 12.0. The number of benzene rings is 1. The van der Waals surface area contributed by atoms with Crippen LogP contribution in [0.15, 0.2) is 61.7 Å². The Morgan fingerprint density at radius 1 is 1.13 bits per heavy atom. The molecule has 38 heavy (non-hydrogen) atoms. The SMILES string of the molecule is C=CC(=O)N1CCC(C#Cc2c(-c3cnc(Oc4ccccc4)nc3)c3c(N)ncnc3n2C(C)C)CC1. The van der Waals surface area contributed by atoms with Gasteiger partial charge in [0.15, 0.2) is 0 Å². The first kappa shape index (κ1) is 25.0. The fourth-order valence-electron chi connectivity index (χ4n) is 4.70. The van der Waals surface area contributed by atoms with Crippen LogP contribution in [0.1, 0.15) is 38.4 Å². The van der Waals surface area contributed by atoms with E-state index in [9.17, 15) is 4.79 Å². The number of hydrogen-bond acceptors (Lipinski definition) is 7. The van der Waals surface area contributed by atoms with Gasteiger partial charge in [0.2, 0.25) is 5.91 Å². The van der Waals surface area contributed by atoms with Gasteiger partial charge in [-0.1, -0.05) is 30.7 Å². The number of para-hydroxylation sites is 1. The van der Waals surface area contributed by atoms with Crippen molar-refractivity contribution in [1.29, 1.82) is 0 Å².